The molecule has 1 saturated heterocycles. The second-order valence-corrected chi connectivity index (χ2v) is 4.07. The van der Waals surface area contributed by atoms with Crippen molar-refractivity contribution in [1.82, 2.24) is 10.3 Å². The highest BCUT2D eigenvalue weighted by atomic mass is 18.2. The van der Waals surface area contributed by atoms with Gasteiger partial charge in [0.1, 0.15) is 12.4 Å². The first-order chi connectivity index (χ1) is 7.88. The predicted octanol–water partition coefficient (Wildman–Crippen LogP) is 1.72. The van der Waals surface area contributed by atoms with E-state index < -0.39 is 0 Å². The molecule has 88 valence electrons. The van der Waals surface area contributed by atoms with E-state index >= 15 is 0 Å². The molecule has 2 heterocycles. The van der Waals surface area contributed by atoms with Crippen LogP contribution in [0, 0.1) is 0 Å². The van der Waals surface area contributed by atoms with Crippen LogP contribution in [-0.2, 0) is 6.42 Å². The Kier molecular flexibility index (Phi) is 4.10. The lowest BCUT2D eigenvalue weighted by atomic mass is 10.1. The highest BCUT2D eigenvalue weighted by molar-refractivity contribution is 5.23. The molecule has 0 amide bonds. The summed E-state index contributed by atoms with van der Waals surface area (Å²) < 4.78 is 17.6. The number of alkyl halides is 1. The molecule has 0 aliphatic carbocycles. The largest absolute Gasteiger partial charge is 0.490 e. The lowest BCUT2D eigenvalue weighted by Crippen LogP contribution is -2.46. The summed E-state index contributed by atoms with van der Waals surface area (Å²) in [6.07, 6.45) is 5.92. The average molecular weight is 223 g/mol. The molecule has 1 N–H and O–H groups in total. The summed E-state index contributed by atoms with van der Waals surface area (Å²) >= 11 is 0. The number of aryl methyl sites for hydroxylation is 1. The molecule has 1 atom stereocenters. The van der Waals surface area contributed by atoms with Gasteiger partial charge in [0, 0.05) is 12.2 Å². The minimum atomic E-state index is -0.281. The van der Waals surface area contributed by atoms with Crippen LogP contribution in [-0.4, -0.2) is 30.9 Å². The highest BCUT2D eigenvalue weighted by Crippen LogP contribution is 2.14. The van der Waals surface area contributed by atoms with Crippen LogP contribution in [0.5, 0.6) is 5.75 Å². The Morgan fingerprint density at radius 1 is 1.50 bits per heavy atom. The second kappa shape index (κ2) is 5.80. The standard InChI is InChI=1S/C12H17FN2O/c13-4-1-2-10-6-12(8-14-7-10)16-9-11-3-5-15-11/h6-8,11,15H,1-5,9H2/t11-/m0/s1/i13-1. The molecule has 0 unspecified atom stereocenters. The Morgan fingerprint density at radius 3 is 3.06 bits per heavy atom. The monoisotopic (exact) mass is 223 g/mol. The van der Waals surface area contributed by atoms with Crippen LogP contribution in [0.3, 0.4) is 0 Å². The number of pyridine rings is 1. The minimum absolute atomic E-state index is 0.281. The summed E-state index contributed by atoms with van der Waals surface area (Å²) in [7, 11) is 0. The molecule has 2 rings (SSSR count). The van der Waals surface area contributed by atoms with Crippen molar-refractivity contribution >= 4 is 0 Å². The smallest absolute Gasteiger partial charge is 0.137 e. The summed E-state index contributed by atoms with van der Waals surface area (Å²) in [6, 6.07) is 2.43. The van der Waals surface area contributed by atoms with Crippen LogP contribution >= 0.6 is 0 Å². The zero-order valence-electron chi connectivity index (χ0n) is 9.29. The van der Waals surface area contributed by atoms with Gasteiger partial charge in [-0.1, -0.05) is 0 Å². The van der Waals surface area contributed by atoms with E-state index in [-0.39, 0.29) is 6.67 Å². The molecule has 0 bridgehead atoms. The van der Waals surface area contributed by atoms with E-state index in [1.165, 1.54) is 6.42 Å². The Labute approximate surface area is 95.0 Å². The zero-order chi connectivity index (χ0) is 11.2. The number of aromatic nitrogens is 1. The quantitative estimate of drug-likeness (QED) is 0.797. The molecule has 1 aliphatic heterocycles. The number of nitrogens with zero attached hydrogens (tertiary/aromatic N) is 1. The third kappa shape index (κ3) is 3.17. The molecule has 3 nitrogen and oxygen atoms in total. The third-order valence-electron chi connectivity index (χ3n) is 2.75. The third-order valence-corrected chi connectivity index (χ3v) is 2.75. The van der Waals surface area contributed by atoms with Gasteiger partial charge in [0.25, 0.3) is 0 Å². The Bertz CT molecular complexity index is 329. The summed E-state index contributed by atoms with van der Waals surface area (Å²) in [5.74, 6) is 0.782. The van der Waals surface area contributed by atoms with Crippen LogP contribution in [0.25, 0.3) is 0 Å². The maximum absolute atomic E-state index is 12.0. The van der Waals surface area contributed by atoms with Gasteiger partial charge in [0.05, 0.1) is 12.9 Å². The lowest BCUT2D eigenvalue weighted by Gasteiger charge is -2.27. The summed E-state index contributed by atoms with van der Waals surface area (Å²) in [5, 5.41) is 3.27. The van der Waals surface area contributed by atoms with Crippen molar-refractivity contribution in [1.29, 1.82) is 0 Å². The molecule has 1 aromatic heterocycles. The topological polar surface area (TPSA) is 34.1 Å². The number of halogens is 1. The minimum Gasteiger partial charge on any atom is -0.490 e. The van der Waals surface area contributed by atoms with E-state index in [9.17, 15) is 4.39 Å². The van der Waals surface area contributed by atoms with Gasteiger partial charge in [0.2, 0.25) is 0 Å². The molecule has 0 aromatic carbocycles. The van der Waals surface area contributed by atoms with Gasteiger partial charge in [-0.05, 0) is 37.4 Å². The Hall–Kier alpha value is -1.16. The van der Waals surface area contributed by atoms with Gasteiger partial charge in [-0.25, -0.2) is 0 Å². The maximum Gasteiger partial charge on any atom is 0.137 e. The molecule has 1 aliphatic rings. The van der Waals surface area contributed by atoms with Crippen LogP contribution in [0.2, 0.25) is 0 Å². The molecule has 4 heteroatoms. The maximum atomic E-state index is 12.0. The summed E-state index contributed by atoms with van der Waals surface area (Å²) in [5.41, 5.74) is 1.04. The number of hydrogen-bond donors (Lipinski definition) is 1. The molecule has 0 saturated carbocycles. The fourth-order valence-corrected chi connectivity index (χ4v) is 1.64. The fourth-order valence-electron chi connectivity index (χ4n) is 1.64. The highest BCUT2D eigenvalue weighted by Gasteiger charge is 2.16. The first kappa shape index (κ1) is 11.3. The van der Waals surface area contributed by atoms with Crippen LogP contribution in [0.1, 0.15) is 18.4 Å². The van der Waals surface area contributed by atoms with Crippen LogP contribution in [0.4, 0.5) is 4.39 Å². The molecule has 1 aromatic rings. The molecular formula is C12H17FN2O. The van der Waals surface area contributed by atoms with Gasteiger partial charge in [0.15, 0.2) is 0 Å². The van der Waals surface area contributed by atoms with Crippen molar-refractivity contribution in [2.75, 3.05) is 19.8 Å². The van der Waals surface area contributed by atoms with Crippen molar-refractivity contribution in [2.24, 2.45) is 0 Å². The summed E-state index contributed by atoms with van der Waals surface area (Å²) in [4.78, 5) is 4.09. The second-order valence-electron chi connectivity index (χ2n) is 4.07. The number of ether oxygens (including phenoxy) is 1. The average Bonchev–Trinajstić information content (AvgIpc) is 2.25. The van der Waals surface area contributed by atoms with Crippen molar-refractivity contribution in [3.05, 3.63) is 24.0 Å². The van der Waals surface area contributed by atoms with Gasteiger partial charge < -0.3 is 10.1 Å². The molecule has 16 heavy (non-hydrogen) atoms. The molecular weight excluding hydrogens is 206 g/mol. The first-order valence-electron chi connectivity index (χ1n) is 5.74. The fraction of sp³-hybridized carbons (Fsp3) is 0.583. The first-order valence-corrected chi connectivity index (χ1v) is 5.74. The van der Waals surface area contributed by atoms with E-state index in [0.717, 1.165) is 24.3 Å². The van der Waals surface area contributed by atoms with Gasteiger partial charge in [-0.15, -0.1) is 0 Å². The van der Waals surface area contributed by atoms with Gasteiger partial charge >= 0.3 is 0 Å². The van der Waals surface area contributed by atoms with Crippen molar-refractivity contribution in [3.8, 4) is 5.75 Å². The normalized spacial score (nSPS) is 19.2. The van der Waals surface area contributed by atoms with Gasteiger partial charge in [-0.2, -0.15) is 0 Å². The van der Waals surface area contributed by atoms with E-state index in [0.29, 0.717) is 19.1 Å². The van der Waals surface area contributed by atoms with Crippen molar-refractivity contribution < 1.29 is 9.13 Å². The number of nitrogens with one attached hydrogen (secondary N) is 1. The lowest BCUT2D eigenvalue weighted by molar-refractivity contribution is 0.216. The molecule has 1 fully saturated rings. The Balaban J connectivity index is 1.82. The van der Waals surface area contributed by atoms with Crippen LogP contribution in [0.15, 0.2) is 18.5 Å². The Morgan fingerprint density at radius 2 is 2.38 bits per heavy atom. The van der Waals surface area contributed by atoms with E-state index in [1.54, 1.807) is 12.4 Å². The van der Waals surface area contributed by atoms with Gasteiger partial charge in [-0.3, -0.25) is 9.37 Å². The number of hydrogen-bond acceptors (Lipinski definition) is 3. The van der Waals surface area contributed by atoms with Crippen molar-refractivity contribution in [2.45, 2.75) is 25.3 Å². The summed E-state index contributed by atoms with van der Waals surface area (Å²) in [6.45, 7) is 1.49. The predicted molar refractivity (Wildman–Crippen MR) is 60.4 cm³/mol. The SMILES string of the molecule is [18F]CCCc1cncc(OC[C@@H]2CCN2)c1. The van der Waals surface area contributed by atoms with Crippen molar-refractivity contribution in [3.63, 3.8) is 0 Å². The molecule has 0 radical (unpaired) electrons. The number of rotatable bonds is 6. The van der Waals surface area contributed by atoms with E-state index in [4.69, 9.17) is 4.74 Å². The van der Waals surface area contributed by atoms with E-state index in [1.807, 2.05) is 6.07 Å². The van der Waals surface area contributed by atoms with E-state index in [2.05, 4.69) is 10.3 Å². The molecule has 0 spiro atoms. The zero-order valence-corrected chi connectivity index (χ0v) is 9.29. The van der Waals surface area contributed by atoms with Crippen LogP contribution < -0.4 is 10.1 Å².